The third kappa shape index (κ3) is 4.25. The van der Waals surface area contributed by atoms with E-state index < -0.39 is 12.0 Å². The third-order valence-electron chi connectivity index (χ3n) is 1.90. The summed E-state index contributed by atoms with van der Waals surface area (Å²) in [4.78, 5) is 16.0. The SMILES string of the molecule is CC(C)CC(N=Cc1cccs1)C(=O)O. The molecule has 0 aliphatic carbocycles. The minimum atomic E-state index is -0.850. The molecule has 0 aromatic carbocycles. The second-order valence-electron chi connectivity index (χ2n) is 3.78. The summed E-state index contributed by atoms with van der Waals surface area (Å²) < 4.78 is 0. The number of hydrogen-bond acceptors (Lipinski definition) is 3. The standard InChI is InChI=1S/C11H15NO2S/c1-8(2)6-10(11(13)14)12-7-9-4-3-5-15-9/h3-5,7-8,10H,6H2,1-2H3,(H,13,14). The Kier molecular flexibility index (Phi) is 4.49. The van der Waals surface area contributed by atoms with Gasteiger partial charge in [-0.25, -0.2) is 4.79 Å². The summed E-state index contributed by atoms with van der Waals surface area (Å²) in [6.07, 6.45) is 2.23. The molecular weight excluding hydrogens is 210 g/mol. The highest BCUT2D eigenvalue weighted by molar-refractivity contribution is 7.11. The molecule has 0 amide bonds. The van der Waals surface area contributed by atoms with Gasteiger partial charge in [-0.3, -0.25) is 4.99 Å². The van der Waals surface area contributed by atoms with E-state index in [1.54, 1.807) is 17.6 Å². The van der Waals surface area contributed by atoms with Gasteiger partial charge in [0.1, 0.15) is 6.04 Å². The average Bonchev–Trinajstić information content (AvgIpc) is 2.63. The van der Waals surface area contributed by atoms with E-state index in [4.69, 9.17) is 5.11 Å². The van der Waals surface area contributed by atoms with Gasteiger partial charge in [0.2, 0.25) is 0 Å². The number of hydrogen-bond donors (Lipinski definition) is 1. The molecular formula is C11H15NO2S. The van der Waals surface area contributed by atoms with Crippen molar-refractivity contribution in [2.75, 3.05) is 0 Å². The van der Waals surface area contributed by atoms with E-state index in [9.17, 15) is 4.79 Å². The Labute approximate surface area is 93.5 Å². The van der Waals surface area contributed by atoms with Crippen LogP contribution in [-0.4, -0.2) is 23.3 Å². The molecule has 0 fully saturated rings. The number of carboxylic acids is 1. The van der Waals surface area contributed by atoms with Gasteiger partial charge in [-0.15, -0.1) is 11.3 Å². The van der Waals surface area contributed by atoms with E-state index in [1.807, 2.05) is 31.4 Å². The van der Waals surface area contributed by atoms with E-state index >= 15 is 0 Å². The van der Waals surface area contributed by atoms with Crippen LogP contribution in [0.4, 0.5) is 0 Å². The molecule has 3 nitrogen and oxygen atoms in total. The zero-order valence-corrected chi connectivity index (χ0v) is 9.70. The molecule has 1 N–H and O–H groups in total. The lowest BCUT2D eigenvalue weighted by Crippen LogP contribution is -2.20. The van der Waals surface area contributed by atoms with E-state index in [-0.39, 0.29) is 0 Å². The first-order chi connectivity index (χ1) is 7.09. The second kappa shape index (κ2) is 5.66. The maximum Gasteiger partial charge on any atom is 0.328 e. The predicted molar refractivity (Wildman–Crippen MR) is 62.8 cm³/mol. The van der Waals surface area contributed by atoms with Crippen molar-refractivity contribution >= 4 is 23.5 Å². The molecule has 0 aliphatic heterocycles. The van der Waals surface area contributed by atoms with Crippen LogP contribution in [0.25, 0.3) is 0 Å². The Morgan fingerprint density at radius 3 is 2.87 bits per heavy atom. The summed E-state index contributed by atoms with van der Waals surface area (Å²) in [5, 5.41) is 10.9. The lowest BCUT2D eigenvalue weighted by atomic mass is 10.0. The zero-order valence-electron chi connectivity index (χ0n) is 8.88. The molecule has 0 saturated carbocycles. The van der Waals surface area contributed by atoms with E-state index in [0.29, 0.717) is 12.3 Å². The van der Waals surface area contributed by atoms with E-state index in [0.717, 1.165) is 4.88 Å². The summed E-state index contributed by atoms with van der Waals surface area (Å²) in [6.45, 7) is 3.99. The van der Waals surface area contributed by atoms with Crippen molar-refractivity contribution < 1.29 is 9.90 Å². The molecule has 1 atom stereocenters. The predicted octanol–water partition coefficient (Wildman–Crippen LogP) is 2.67. The van der Waals surface area contributed by atoms with Gasteiger partial charge in [-0.2, -0.15) is 0 Å². The first kappa shape index (κ1) is 11.9. The first-order valence-corrected chi connectivity index (χ1v) is 5.77. The van der Waals surface area contributed by atoms with Crippen LogP contribution >= 0.6 is 11.3 Å². The number of carboxylic acid groups (broad SMARTS) is 1. The number of rotatable bonds is 5. The molecule has 15 heavy (non-hydrogen) atoms. The van der Waals surface area contributed by atoms with Crippen LogP contribution in [0.15, 0.2) is 22.5 Å². The lowest BCUT2D eigenvalue weighted by molar-refractivity contribution is -0.138. The Morgan fingerprint density at radius 2 is 2.40 bits per heavy atom. The average molecular weight is 225 g/mol. The molecule has 0 aliphatic rings. The van der Waals surface area contributed by atoms with Gasteiger partial charge in [0.25, 0.3) is 0 Å². The fourth-order valence-electron chi connectivity index (χ4n) is 1.20. The summed E-state index contributed by atoms with van der Waals surface area (Å²) in [5.74, 6) is -0.511. The van der Waals surface area contributed by atoms with Gasteiger partial charge < -0.3 is 5.11 Å². The van der Waals surface area contributed by atoms with Gasteiger partial charge in [0.05, 0.1) is 0 Å². The van der Waals surface area contributed by atoms with Crippen molar-refractivity contribution in [2.45, 2.75) is 26.3 Å². The van der Waals surface area contributed by atoms with Gasteiger partial charge in [-0.1, -0.05) is 19.9 Å². The molecule has 1 rings (SSSR count). The van der Waals surface area contributed by atoms with Crippen molar-refractivity contribution in [3.05, 3.63) is 22.4 Å². The molecule has 1 aromatic rings. The monoisotopic (exact) mass is 225 g/mol. The topological polar surface area (TPSA) is 49.7 Å². The van der Waals surface area contributed by atoms with Crippen molar-refractivity contribution in [1.82, 2.24) is 0 Å². The Balaban J connectivity index is 2.62. The number of thiophene rings is 1. The Morgan fingerprint density at radius 1 is 1.67 bits per heavy atom. The highest BCUT2D eigenvalue weighted by Crippen LogP contribution is 2.10. The fraction of sp³-hybridized carbons (Fsp3) is 0.455. The van der Waals surface area contributed by atoms with Crippen molar-refractivity contribution in [2.24, 2.45) is 10.9 Å². The summed E-state index contributed by atoms with van der Waals surface area (Å²) in [5.41, 5.74) is 0. The summed E-state index contributed by atoms with van der Waals surface area (Å²) in [7, 11) is 0. The zero-order chi connectivity index (χ0) is 11.3. The van der Waals surface area contributed by atoms with Crippen LogP contribution in [0.2, 0.25) is 0 Å². The van der Waals surface area contributed by atoms with Crippen LogP contribution in [0.3, 0.4) is 0 Å². The largest absolute Gasteiger partial charge is 0.480 e. The van der Waals surface area contributed by atoms with Crippen molar-refractivity contribution in [3.63, 3.8) is 0 Å². The molecule has 0 spiro atoms. The summed E-state index contributed by atoms with van der Waals surface area (Å²) >= 11 is 1.55. The highest BCUT2D eigenvalue weighted by atomic mass is 32.1. The van der Waals surface area contributed by atoms with Crippen LogP contribution in [0.1, 0.15) is 25.1 Å². The van der Waals surface area contributed by atoms with Crippen LogP contribution < -0.4 is 0 Å². The molecule has 1 heterocycles. The van der Waals surface area contributed by atoms with Gasteiger partial charge in [0, 0.05) is 11.1 Å². The molecule has 0 bridgehead atoms. The molecule has 1 unspecified atom stereocenters. The maximum absolute atomic E-state index is 10.9. The number of aliphatic imine (C=N–C) groups is 1. The molecule has 4 heteroatoms. The first-order valence-electron chi connectivity index (χ1n) is 4.89. The van der Waals surface area contributed by atoms with Crippen LogP contribution in [0.5, 0.6) is 0 Å². The quantitative estimate of drug-likeness (QED) is 0.783. The number of aliphatic carboxylic acids is 1. The molecule has 0 radical (unpaired) electrons. The van der Waals surface area contributed by atoms with Crippen molar-refractivity contribution in [3.8, 4) is 0 Å². The maximum atomic E-state index is 10.9. The highest BCUT2D eigenvalue weighted by Gasteiger charge is 2.16. The van der Waals surface area contributed by atoms with E-state index in [1.165, 1.54) is 0 Å². The van der Waals surface area contributed by atoms with Gasteiger partial charge in [-0.05, 0) is 23.8 Å². The second-order valence-corrected chi connectivity index (χ2v) is 4.76. The normalized spacial score (nSPS) is 13.5. The molecule has 82 valence electrons. The third-order valence-corrected chi connectivity index (χ3v) is 2.71. The molecule has 1 aromatic heterocycles. The number of carbonyl (C=O) groups is 1. The minimum absolute atomic E-state index is 0.339. The smallest absolute Gasteiger partial charge is 0.328 e. The molecule has 0 saturated heterocycles. The lowest BCUT2D eigenvalue weighted by Gasteiger charge is -2.09. The number of nitrogens with zero attached hydrogens (tertiary/aromatic N) is 1. The summed E-state index contributed by atoms with van der Waals surface area (Å²) in [6, 6.07) is 3.22. The Bertz CT molecular complexity index is 330. The fourth-order valence-corrected chi connectivity index (χ4v) is 1.79. The van der Waals surface area contributed by atoms with Crippen molar-refractivity contribution in [1.29, 1.82) is 0 Å². The van der Waals surface area contributed by atoms with Gasteiger partial charge in [0.15, 0.2) is 0 Å². The van der Waals surface area contributed by atoms with Crippen LogP contribution in [0, 0.1) is 5.92 Å². The van der Waals surface area contributed by atoms with Gasteiger partial charge >= 0.3 is 5.97 Å². The minimum Gasteiger partial charge on any atom is -0.480 e. The Hall–Kier alpha value is -1.16. The van der Waals surface area contributed by atoms with Crippen LogP contribution in [-0.2, 0) is 4.79 Å². The van der Waals surface area contributed by atoms with E-state index in [2.05, 4.69) is 4.99 Å².